The molecule has 0 aliphatic rings. The summed E-state index contributed by atoms with van der Waals surface area (Å²) in [5, 5.41) is 2.82. The quantitative estimate of drug-likeness (QED) is 0.708. The van der Waals surface area contributed by atoms with Gasteiger partial charge in [0.1, 0.15) is 0 Å². The normalized spacial score (nSPS) is 11.9. The number of carbonyl (C=O) groups is 2. The fraction of sp³-hybridized carbons (Fsp3) is 0.467. The lowest BCUT2D eigenvalue weighted by Gasteiger charge is -2.12. The van der Waals surface area contributed by atoms with Gasteiger partial charge in [0.05, 0.1) is 0 Å². The molecular weight excluding hydrogens is 254 g/mol. The molecule has 2 amide bonds. The van der Waals surface area contributed by atoms with Crippen molar-refractivity contribution in [1.29, 1.82) is 0 Å². The van der Waals surface area contributed by atoms with Crippen LogP contribution in [-0.4, -0.2) is 18.4 Å². The van der Waals surface area contributed by atoms with Crippen LogP contribution in [0.1, 0.15) is 42.1 Å². The van der Waals surface area contributed by atoms with Gasteiger partial charge in [0, 0.05) is 17.7 Å². The number of benzene rings is 1. The minimum atomic E-state index is -0.491. The molecule has 0 aromatic heterocycles. The second-order valence-corrected chi connectivity index (χ2v) is 5.11. The Morgan fingerprint density at radius 1 is 1.30 bits per heavy atom. The first-order valence-corrected chi connectivity index (χ1v) is 6.85. The first-order valence-electron chi connectivity index (χ1n) is 6.85. The van der Waals surface area contributed by atoms with Crippen LogP contribution in [0.5, 0.6) is 0 Å². The van der Waals surface area contributed by atoms with Crippen molar-refractivity contribution in [3.05, 3.63) is 29.3 Å². The van der Waals surface area contributed by atoms with Crippen molar-refractivity contribution in [3.63, 3.8) is 0 Å². The predicted molar refractivity (Wildman–Crippen MR) is 80.4 cm³/mol. The standard InChI is InChI=1S/C15H23N3O2/c1-10(8-9-16)6-7-14(19)18-13-5-3-4-12(11(13)2)15(17)20/h3-5,10H,6-9,16H2,1-2H3,(H2,17,20)(H,18,19). The molecule has 1 rings (SSSR count). The lowest BCUT2D eigenvalue weighted by molar-refractivity contribution is -0.116. The molecule has 0 bridgehead atoms. The fourth-order valence-electron chi connectivity index (χ4n) is 2.06. The van der Waals surface area contributed by atoms with Crippen molar-refractivity contribution in [1.82, 2.24) is 0 Å². The van der Waals surface area contributed by atoms with E-state index in [0.717, 1.165) is 12.8 Å². The molecule has 20 heavy (non-hydrogen) atoms. The van der Waals surface area contributed by atoms with Crippen LogP contribution in [0, 0.1) is 12.8 Å². The molecule has 5 N–H and O–H groups in total. The summed E-state index contributed by atoms with van der Waals surface area (Å²) in [6, 6.07) is 5.12. The van der Waals surface area contributed by atoms with Gasteiger partial charge < -0.3 is 16.8 Å². The Bertz CT molecular complexity index is 486. The zero-order chi connectivity index (χ0) is 15.1. The number of rotatable bonds is 7. The predicted octanol–water partition coefficient (Wildman–Crippen LogP) is 1.80. The topological polar surface area (TPSA) is 98.2 Å². The number of carbonyl (C=O) groups excluding carboxylic acids is 2. The van der Waals surface area contributed by atoms with Gasteiger partial charge in [-0.3, -0.25) is 9.59 Å². The Morgan fingerprint density at radius 2 is 2.00 bits per heavy atom. The van der Waals surface area contributed by atoms with Crippen LogP contribution in [0.2, 0.25) is 0 Å². The Kier molecular flexibility index (Phi) is 6.18. The van der Waals surface area contributed by atoms with Gasteiger partial charge in [-0.05, 0) is 49.9 Å². The minimum Gasteiger partial charge on any atom is -0.366 e. The smallest absolute Gasteiger partial charge is 0.249 e. The van der Waals surface area contributed by atoms with Gasteiger partial charge in [0.2, 0.25) is 11.8 Å². The van der Waals surface area contributed by atoms with E-state index < -0.39 is 5.91 Å². The molecule has 5 heteroatoms. The fourth-order valence-corrected chi connectivity index (χ4v) is 2.06. The minimum absolute atomic E-state index is 0.0569. The average Bonchev–Trinajstić information content (AvgIpc) is 2.39. The number of anilines is 1. The second kappa shape index (κ2) is 7.65. The van der Waals surface area contributed by atoms with E-state index in [0.29, 0.717) is 35.7 Å². The van der Waals surface area contributed by atoms with Crippen molar-refractivity contribution < 1.29 is 9.59 Å². The number of hydrogen-bond acceptors (Lipinski definition) is 3. The molecule has 110 valence electrons. The van der Waals surface area contributed by atoms with E-state index in [1.807, 2.05) is 0 Å². The van der Waals surface area contributed by atoms with Crippen LogP contribution < -0.4 is 16.8 Å². The largest absolute Gasteiger partial charge is 0.366 e. The third-order valence-corrected chi connectivity index (χ3v) is 3.40. The van der Waals surface area contributed by atoms with Crippen LogP contribution in [0.15, 0.2) is 18.2 Å². The number of primary amides is 1. The first kappa shape index (κ1) is 16.2. The van der Waals surface area contributed by atoms with Crippen LogP contribution in [0.4, 0.5) is 5.69 Å². The summed E-state index contributed by atoms with van der Waals surface area (Å²) in [5.74, 6) is -0.113. The summed E-state index contributed by atoms with van der Waals surface area (Å²) < 4.78 is 0. The zero-order valence-corrected chi connectivity index (χ0v) is 12.1. The number of nitrogens with two attached hydrogens (primary N) is 2. The highest BCUT2D eigenvalue weighted by atomic mass is 16.2. The molecule has 0 fully saturated rings. The maximum atomic E-state index is 11.9. The highest BCUT2D eigenvalue weighted by Crippen LogP contribution is 2.19. The van der Waals surface area contributed by atoms with Crippen molar-refractivity contribution in [2.24, 2.45) is 17.4 Å². The Hall–Kier alpha value is -1.88. The lowest BCUT2D eigenvalue weighted by atomic mass is 10.0. The van der Waals surface area contributed by atoms with E-state index in [9.17, 15) is 9.59 Å². The van der Waals surface area contributed by atoms with Crippen molar-refractivity contribution >= 4 is 17.5 Å². The summed E-state index contributed by atoms with van der Waals surface area (Å²) in [6.45, 7) is 4.49. The van der Waals surface area contributed by atoms with Gasteiger partial charge in [-0.1, -0.05) is 13.0 Å². The molecule has 0 heterocycles. The molecule has 0 saturated heterocycles. The molecule has 0 aliphatic heterocycles. The van der Waals surface area contributed by atoms with Gasteiger partial charge in [-0.2, -0.15) is 0 Å². The third kappa shape index (κ3) is 4.66. The monoisotopic (exact) mass is 277 g/mol. The molecule has 1 aromatic carbocycles. The number of hydrogen-bond donors (Lipinski definition) is 3. The van der Waals surface area contributed by atoms with E-state index in [1.54, 1.807) is 25.1 Å². The van der Waals surface area contributed by atoms with E-state index in [4.69, 9.17) is 11.5 Å². The Balaban J connectivity index is 2.62. The number of nitrogens with one attached hydrogen (secondary N) is 1. The van der Waals surface area contributed by atoms with Gasteiger partial charge in [0.15, 0.2) is 0 Å². The van der Waals surface area contributed by atoms with Crippen LogP contribution in [0.3, 0.4) is 0 Å². The molecule has 5 nitrogen and oxygen atoms in total. The summed E-state index contributed by atoms with van der Waals surface area (Å²) in [7, 11) is 0. The van der Waals surface area contributed by atoms with Crippen molar-refractivity contribution in [2.75, 3.05) is 11.9 Å². The zero-order valence-electron chi connectivity index (χ0n) is 12.1. The molecule has 0 aliphatic carbocycles. The average molecular weight is 277 g/mol. The molecular formula is C15H23N3O2. The molecule has 0 saturated carbocycles. The van der Waals surface area contributed by atoms with E-state index in [1.165, 1.54) is 0 Å². The molecule has 1 aromatic rings. The molecule has 1 atom stereocenters. The van der Waals surface area contributed by atoms with Gasteiger partial charge in [-0.25, -0.2) is 0 Å². The third-order valence-electron chi connectivity index (χ3n) is 3.40. The Morgan fingerprint density at radius 3 is 2.60 bits per heavy atom. The number of amides is 2. The summed E-state index contributed by atoms with van der Waals surface area (Å²) in [5.41, 5.74) is 12.5. The van der Waals surface area contributed by atoms with Crippen molar-refractivity contribution in [3.8, 4) is 0 Å². The van der Waals surface area contributed by atoms with Crippen LogP contribution in [-0.2, 0) is 4.79 Å². The van der Waals surface area contributed by atoms with E-state index in [-0.39, 0.29) is 5.91 Å². The summed E-state index contributed by atoms with van der Waals surface area (Å²) in [4.78, 5) is 23.1. The van der Waals surface area contributed by atoms with Crippen LogP contribution >= 0.6 is 0 Å². The molecule has 0 radical (unpaired) electrons. The van der Waals surface area contributed by atoms with Crippen molar-refractivity contribution in [2.45, 2.75) is 33.1 Å². The van der Waals surface area contributed by atoms with Gasteiger partial charge >= 0.3 is 0 Å². The maximum Gasteiger partial charge on any atom is 0.249 e. The highest BCUT2D eigenvalue weighted by Gasteiger charge is 2.11. The molecule has 1 unspecified atom stereocenters. The maximum absolute atomic E-state index is 11.9. The summed E-state index contributed by atoms with van der Waals surface area (Å²) in [6.07, 6.45) is 2.17. The second-order valence-electron chi connectivity index (χ2n) is 5.11. The van der Waals surface area contributed by atoms with E-state index in [2.05, 4.69) is 12.2 Å². The Labute approximate surface area is 119 Å². The highest BCUT2D eigenvalue weighted by molar-refractivity contribution is 5.98. The lowest BCUT2D eigenvalue weighted by Crippen LogP contribution is -2.17. The van der Waals surface area contributed by atoms with Gasteiger partial charge in [0.25, 0.3) is 0 Å². The molecule has 0 spiro atoms. The van der Waals surface area contributed by atoms with Gasteiger partial charge in [-0.15, -0.1) is 0 Å². The van der Waals surface area contributed by atoms with E-state index >= 15 is 0 Å². The SMILES string of the molecule is Cc1c(NC(=O)CCC(C)CCN)cccc1C(N)=O. The summed E-state index contributed by atoms with van der Waals surface area (Å²) >= 11 is 0. The van der Waals surface area contributed by atoms with Crippen LogP contribution in [0.25, 0.3) is 0 Å². The first-order chi connectivity index (χ1) is 9.45.